The molecule has 3 nitrogen and oxygen atoms in total. The van der Waals surface area contributed by atoms with Crippen LogP contribution in [0.15, 0.2) is 72.8 Å². The van der Waals surface area contributed by atoms with Gasteiger partial charge in [0, 0.05) is 16.3 Å². The van der Waals surface area contributed by atoms with E-state index in [0.29, 0.717) is 0 Å². The van der Waals surface area contributed by atoms with E-state index in [9.17, 15) is 5.11 Å². The molecule has 0 fully saturated rings. The van der Waals surface area contributed by atoms with E-state index in [1.54, 1.807) is 12.1 Å². The third kappa shape index (κ3) is 1.82. The lowest BCUT2D eigenvalue weighted by Crippen LogP contribution is -1.81. The Morgan fingerprint density at radius 3 is 2.12 bits per heavy atom. The largest absolute Gasteiger partial charge is 0.508 e. The summed E-state index contributed by atoms with van der Waals surface area (Å²) in [5.74, 6) is 1.00. The van der Waals surface area contributed by atoms with Crippen LogP contribution in [-0.4, -0.2) is 15.1 Å². The number of nitrogens with one attached hydrogen (secondary N) is 1. The lowest BCUT2D eigenvalue weighted by molar-refractivity contribution is 0.475. The number of imidazole rings is 1. The minimum Gasteiger partial charge on any atom is -0.508 e. The topological polar surface area (TPSA) is 48.9 Å². The standard InChI is InChI=1S/C21H14N2O/c24-14-7-5-6-13(12-14)21-22-19-17-10-3-1-8-15(17)16-9-2-4-11-18(16)20(19)23-21/h1-12,24H,(H,22,23). The van der Waals surface area contributed by atoms with Crippen molar-refractivity contribution in [3.8, 4) is 17.1 Å². The molecule has 0 saturated carbocycles. The van der Waals surface area contributed by atoms with Crippen molar-refractivity contribution in [1.82, 2.24) is 9.97 Å². The molecule has 0 saturated heterocycles. The molecule has 24 heavy (non-hydrogen) atoms. The molecule has 0 aliphatic carbocycles. The first-order chi connectivity index (χ1) is 11.8. The van der Waals surface area contributed by atoms with Gasteiger partial charge < -0.3 is 10.1 Å². The Hall–Kier alpha value is -3.33. The molecule has 1 aromatic heterocycles. The number of H-pyrrole nitrogens is 1. The fourth-order valence-electron chi connectivity index (χ4n) is 3.41. The number of rotatable bonds is 1. The second-order valence-corrected chi connectivity index (χ2v) is 5.95. The number of hydrogen-bond donors (Lipinski definition) is 2. The van der Waals surface area contributed by atoms with E-state index in [1.807, 2.05) is 24.3 Å². The van der Waals surface area contributed by atoms with Gasteiger partial charge in [0.15, 0.2) is 0 Å². The third-order valence-electron chi connectivity index (χ3n) is 4.49. The second-order valence-electron chi connectivity index (χ2n) is 5.95. The van der Waals surface area contributed by atoms with E-state index in [4.69, 9.17) is 4.98 Å². The summed E-state index contributed by atoms with van der Waals surface area (Å²) in [6, 6.07) is 23.9. The average molecular weight is 310 g/mol. The first kappa shape index (κ1) is 13.1. The van der Waals surface area contributed by atoms with Crippen molar-refractivity contribution in [1.29, 1.82) is 0 Å². The number of aromatic nitrogens is 2. The molecule has 0 amide bonds. The van der Waals surface area contributed by atoms with Crippen molar-refractivity contribution in [2.45, 2.75) is 0 Å². The third-order valence-corrected chi connectivity index (χ3v) is 4.49. The number of phenolic OH excluding ortho intramolecular Hbond substituents is 1. The minimum atomic E-state index is 0.239. The van der Waals surface area contributed by atoms with Crippen molar-refractivity contribution in [2.75, 3.05) is 0 Å². The maximum atomic E-state index is 9.75. The lowest BCUT2D eigenvalue weighted by Gasteiger charge is -2.05. The van der Waals surface area contributed by atoms with E-state index >= 15 is 0 Å². The van der Waals surface area contributed by atoms with Crippen LogP contribution in [0.25, 0.3) is 44.0 Å². The van der Waals surface area contributed by atoms with E-state index in [0.717, 1.165) is 33.2 Å². The Morgan fingerprint density at radius 2 is 1.38 bits per heavy atom. The molecule has 4 aromatic carbocycles. The quantitative estimate of drug-likeness (QED) is 0.416. The summed E-state index contributed by atoms with van der Waals surface area (Å²) < 4.78 is 0. The Labute approximate surface area is 138 Å². The fraction of sp³-hybridized carbons (Fsp3) is 0. The van der Waals surface area contributed by atoms with Crippen LogP contribution < -0.4 is 0 Å². The number of hydrogen-bond acceptors (Lipinski definition) is 2. The SMILES string of the molecule is Oc1cccc(-c2nc3c4ccccc4c4ccccc4c3[nH]2)c1. The highest BCUT2D eigenvalue weighted by Gasteiger charge is 2.13. The molecule has 1 heterocycles. The molecular weight excluding hydrogens is 296 g/mol. The maximum absolute atomic E-state index is 9.75. The molecule has 5 rings (SSSR count). The van der Waals surface area contributed by atoms with E-state index < -0.39 is 0 Å². The molecule has 3 heteroatoms. The maximum Gasteiger partial charge on any atom is 0.138 e. The molecule has 114 valence electrons. The van der Waals surface area contributed by atoms with Crippen LogP contribution in [-0.2, 0) is 0 Å². The Bertz CT molecular complexity index is 1150. The zero-order valence-electron chi connectivity index (χ0n) is 12.8. The van der Waals surface area contributed by atoms with Crippen LogP contribution in [0.1, 0.15) is 0 Å². The van der Waals surface area contributed by atoms with Gasteiger partial charge in [-0.3, -0.25) is 0 Å². The highest BCUT2D eigenvalue weighted by molar-refractivity contribution is 6.23. The normalized spacial score (nSPS) is 11.5. The van der Waals surface area contributed by atoms with Crippen molar-refractivity contribution in [2.24, 2.45) is 0 Å². The van der Waals surface area contributed by atoms with Crippen molar-refractivity contribution in [3.05, 3.63) is 72.8 Å². The summed E-state index contributed by atoms with van der Waals surface area (Å²) in [5, 5.41) is 14.5. The molecule has 0 bridgehead atoms. The van der Waals surface area contributed by atoms with Crippen molar-refractivity contribution < 1.29 is 5.11 Å². The number of aromatic hydroxyl groups is 1. The van der Waals surface area contributed by atoms with Crippen LogP contribution in [0, 0.1) is 0 Å². The summed E-state index contributed by atoms with van der Waals surface area (Å²) >= 11 is 0. The highest BCUT2D eigenvalue weighted by Crippen LogP contribution is 2.35. The monoisotopic (exact) mass is 310 g/mol. The predicted molar refractivity (Wildman–Crippen MR) is 98.2 cm³/mol. The first-order valence-electron chi connectivity index (χ1n) is 7.90. The van der Waals surface area contributed by atoms with Gasteiger partial charge in [-0.1, -0.05) is 60.7 Å². The Balaban J connectivity index is 1.95. The number of fused-ring (bicyclic) bond motifs is 6. The Morgan fingerprint density at radius 1 is 0.708 bits per heavy atom. The summed E-state index contributed by atoms with van der Waals surface area (Å²) in [5.41, 5.74) is 2.87. The smallest absolute Gasteiger partial charge is 0.138 e. The second kappa shape index (κ2) is 4.83. The zero-order valence-corrected chi connectivity index (χ0v) is 12.8. The van der Waals surface area contributed by atoms with Gasteiger partial charge in [-0.25, -0.2) is 4.98 Å². The number of benzene rings is 4. The van der Waals surface area contributed by atoms with Gasteiger partial charge >= 0.3 is 0 Å². The molecule has 0 radical (unpaired) electrons. The van der Waals surface area contributed by atoms with E-state index in [1.165, 1.54) is 10.8 Å². The summed E-state index contributed by atoms with van der Waals surface area (Å²) in [6.07, 6.45) is 0. The first-order valence-corrected chi connectivity index (χ1v) is 7.90. The molecule has 0 atom stereocenters. The molecule has 0 aliphatic heterocycles. The van der Waals surface area contributed by atoms with Gasteiger partial charge in [-0.05, 0) is 22.9 Å². The average Bonchev–Trinajstić information content (AvgIpc) is 3.08. The molecule has 0 aliphatic rings. The fourth-order valence-corrected chi connectivity index (χ4v) is 3.41. The van der Waals surface area contributed by atoms with Crippen LogP contribution in [0.5, 0.6) is 5.75 Å². The van der Waals surface area contributed by atoms with Crippen LogP contribution in [0.3, 0.4) is 0 Å². The van der Waals surface area contributed by atoms with Gasteiger partial charge in [0.1, 0.15) is 11.6 Å². The molecular formula is C21H14N2O. The number of phenols is 1. The van der Waals surface area contributed by atoms with E-state index in [2.05, 4.69) is 41.4 Å². The molecule has 2 N–H and O–H groups in total. The van der Waals surface area contributed by atoms with E-state index in [-0.39, 0.29) is 5.75 Å². The summed E-state index contributed by atoms with van der Waals surface area (Å²) in [7, 11) is 0. The van der Waals surface area contributed by atoms with Crippen LogP contribution in [0.4, 0.5) is 0 Å². The summed E-state index contributed by atoms with van der Waals surface area (Å²) in [4.78, 5) is 8.29. The molecule has 5 aromatic rings. The molecule has 0 spiro atoms. The van der Waals surface area contributed by atoms with Gasteiger partial charge in [-0.2, -0.15) is 0 Å². The highest BCUT2D eigenvalue weighted by atomic mass is 16.3. The van der Waals surface area contributed by atoms with Crippen LogP contribution >= 0.6 is 0 Å². The van der Waals surface area contributed by atoms with Crippen molar-refractivity contribution in [3.63, 3.8) is 0 Å². The number of nitrogens with zero attached hydrogens (tertiary/aromatic N) is 1. The van der Waals surface area contributed by atoms with Gasteiger partial charge in [0.25, 0.3) is 0 Å². The minimum absolute atomic E-state index is 0.239. The lowest BCUT2D eigenvalue weighted by atomic mass is 10.0. The van der Waals surface area contributed by atoms with Gasteiger partial charge in [0.2, 0.25) is 0 Å². The Kier molecular flexibility index (Phi) is 2.65. The predicted octanol–water partition coefficient (Wildman–Crippen LogP) is 5.24. The van der Waals surface area contributed by atoms with Gasteiger partial charge in [0.05, 0.1) is 11.0 Å². The van der Waals surface area contributed by atoms with Crippen LogP contribution in [0.2, 0.25) is 0 Å². The summed E-state index contributed by atoms with van der Waals surface area (Å²) in [6.45, 7) is 0. The molecule has 0 unspecified atom stereocenters. The van der Waals surface area contributed by atoms with Gasteiger partial charge in [-0.15, -0.1) is 0 Å². The zero-order chi connectivity index (χ0) is 16.1. The number of aromatic amines is 1. The van der Waals surface area contributed by atoms with Crippen molar-refractivity contribution >= 4 is 32.6 Å².